The van der Waals surface area contributed by atoms with Crippen LogP contribution in [-0.4, -0.2) is 10.9 Å². The number of carbonyl (C=O) groups excluding carboxylic acids is 1. The molecule has 0 fully saturated rings. The van der Waals surface area contributed by atoms with Crippen LogP contribution in [0.15, 0.2) is 54.7 Å². The van der Waals surface area contributed by atoms with Gasteiger partial charge in [0.15, 0.2) is 0 Å². The smallest absolute Gasteiger partial charge is 0.326 e. The molecular formula is C19H13F3N2O. The van der Waals surface area contributed by atoms with E-state index in [1.54, 1.807) is 6.20 Å². The molecule has 3 nitrogen and oxygen atoms in total. The van der Waals surface area contributed by atoms with Crippen molar-refractivity contribution in [3.8, 4) is 0 Å². The molecule has 4 rings (SSSR count). The highest BCUT2D eigenvalue weighted by Crippen LogP contribution is 2.40. The first-order valence-electron chi connectivity index (χ1n) is 7.77. The number of halogens is 3. The first-order valence-corrected chi connectivity index (χ1v) is 7.77. The number of hydrogen-bond donors (Lipinski definition) is 1. The molecule has 3 aromatic rings. The first kappa shape index (κ1) is 15.6. The second-order valence-corrected chi connectivity index (χ2v) is 6.07. The van der Waals surface area contributed by atoms with Crippen molar-refractivity contribution in [1.29, 1.82) is 0 Å². The topological polar surface area (TPSA) is 42.0 Å². The highest BCUT2D eigenvalue weighted by atomic mass is 19.4. The van der Waals surface area contributed by atoms with Crippen LogP contribution in [0.25, 0.3) is 10.9 Å². The van der Waals surface area contributed by atoms with E-state index in [-0.39, 0.29) is 23.9 Å². The van der Waals surface area contributed by atoms with E-state index in [0.29, 0.717) is 5.56 Å². The molecule has 2 aromatic carbocycles. The molecule has 0 saturated heterocycles. The summed E-state index contributed by atoms with van der Waals surface area (Å²) >= 11 is 0. The summed E-state index contributed by atoms with van der Waals surface area (Å²) in [5, 5.41) is 3.48. The number of nitrogens with one attached hydrogen (secondary N) is 1. The highest BCUT2D eigenvalue weighted by Gasteiger charge is 2.34. The average Bonchev–Trinajstić information content (AvgIpc) is 2.59. The largest absolute Gasteiger partial charge is 0.416 e. The lowest BCUT2D eigenvalue weighted by Gasteiger charge is -2.26. The highest BCUT2D eigenvalue weighted by molar-refractivity contribution is 5.95. The molecule has 1 atom stereocenters. The second-order valence-electron chi connectivity index (χ2n) is 6.07. The van der Waals surface area contributed by atoms with E-state index in [9.17, 15) is 18.0 Å². The van der Waals surface area contributed by atoms with E-state index in [1.807, 2.05) is 30.3 Å². The van der Waals surface area contributed by atoms with E-state index >= 15 is 0 Å². The van der Waals surface area contributed by atoms with Crippen molar-refractivity contribution in [3.63, 3.8) is 0 Å². The molecule has 1 aliphatic rings. The van der Waals surface area contributed by atoms with Crippen LogP contribution >= 0.6 is 0 Å². The molecule has 1 aromatic heterocycles. The third-order valence-corrected chi connectivity index (χ3v) is 4.43. The SMILES string of the molecule is O=C1CC(c2cnc3ccccc3c2)c2ccc(C(F)(F)F)cc2N1. The Bertz CT molecular complexity index is 982. The summed E-state index contributed by atoms with van der Waals surface area (Å²) < 4.78 is 38.8. The Kier molecular flexibility index (Phi) is 3.49. The van der Waals surface area contributed by atoms with Crippen LogP contribution in [0.3, 0.4) is 0 Å². The quantitative estimate of drug-likeness (QED) is 0.695. The van der Waals surface area contributed by atoms with Crippen molar-refractivity contribution < 1.29 is 18.0 Å². The fourth-order valence-corrected chi connectivity index (χ4v) is 3.22. The lowest BCUT2D eigenvalue weighted by Crippen LogP contribution is -2.24. The van der Waals surface area contributed by atoms with Crippen LogP contribution in [0.5, 0.6) is 0 Å². The number of aromatic nitrogens is 1. The standard InChI is InChI=1S/C19H13F3N2O/c20-19(21,22)13-5-6-14-15(9-18(25)24-17(14)8-13)12-7-11-3-1-2-4-16(11)23-10-12/h1-8,10,15H,9H2,(H,24,25). The summed E-state index contributed by atoms with van der Waals surface area (Å²) in [7, 11) is 0. The minimum Gasteiger partial charge on any atom is -0.326 e. The third-order valence-electron chi connectivity index (χ3n) is 4.43. The van der Waals surface area contributed by atoms with E-state index in [0.717, 1.165) is 28.6 Å². The molecule has 0 aliphatic carbocycles. The molecule has 0 bridgehead atoms. The van der Waals surface area contributed by atoms with Crippen LogP contribution in [0, 0.1) is 0 Å². The molecule has 0 saturated carbocycles. The third kappa shape index (κ3) is 2.84. The van der Waals surface area contributed by atoms with Gasteiger partial charge in [-0.2, -0.15) is 13.2 Å². The molecule has 1 N–H and O–H groups in total. The minimum atomic E-state index is -4.45. The number of alkyl halides is 3. The zero-order valence-corrected chi connectivity index (χ0v) is 13.0. The van der Waals surface area contributed by atoms with Crippen molar-refractivity contribution in [2.45, 2.75) is 18.5 Å². The molecular weight excluding hydrogens is 329 g/mol. The predicted molar refractivity (Wildman–Crippen MR) is 88.3 cm³/mol. The predicted octanol–water partition coefficient (Wildman–Crippen LogP) is 4.73. The van der Waals surface area contributed by atoms with Crippen LogP contribution in [0.1, 0.15) is 29.0 Å². The number of amides is 1. The van der Waals surface area contributed by atoms with Gasteiger partial charge in [0.25, 0.3) is 0 Å². The van der Waals surface area contributed by atoms with Gasteiger partial charge >= 0.3 is 6.18 Å². The van der Waals surface area contributed by atoms with E-state index < -0.39 is 11.7 Å². The lowest BCUT2D eigenvalue weighted by atomic mass is 9.84. The number of rotatable bonds is 1. The summed E-state index contributed by atoms with van der Waals surface area (Å²) in [5.41, 5.74) is 1.76. The number of nitrogens with zero attached hydrogens (tertiary/aromatic N) is 1. The van der Waals surface area contributed by atoms with Crippen molar-refractivity contribution in [1.82, 2.24) is 4.98 Å². The maximum atomic E-state index is 12.9. The maximum absolute atomic E-state index is 12.9. The summed E-state index contributed by atoms with van der Waals surface area (Å²) in [6.45, 7) is 0. The van der Waals surface area contributed by atoms with Gasteiger partial charge in [0.05, 0.1) is 11.1 Å². The van der Waals surface area contributed by atoms with Gasteiger partial charge < -0.3 is 5.32 Å². The van der Waals surface area contributed by atoms with Gasteiger partial charge in [-0.25, -0.2) is 0 Å². The summed E-state index contributed by atoms with van der Waals surface area (Å²) in [5.74, 6) is -0.617. The van der Waals surface area contributed by atoms with Crippen molar-refractivity contribution in [3.05, 3.63) is 71.4 Å². The van der Waals surface area contributed by atoms with Crippen LogP contribution in [0.2, 0.25) is 0 Å². The van der Waals surface area contributed by atoms with Crippen molar-refractivity contribution in [2.75, 3.05) is 5.32 Å². The molecule has 1 amide bonds. The van der Waals surface area contributed by atoms with Gasteiger partial charge in [-0.3, -0.25) is 9.78 Å². The molecule has 2 heterocycles. The van der Waals surface area contributed by atoms with E-state index in [2.05, 4.69) is 10.3 Å². The average molecular weight is 342 g/mol. The van der Waals surface area contributed by atoms with Gasteiger partial charge in [0.1, 0.15) is 0 Å². The second kappa shape index (κ2) is 5.58. The maximum Gasteiger partial charge on any atom is 0.416 e. The molecule has 0 radical (unpaired) electrons. The van der Waals surface area contributed by atoms with Gasteiger partial charge in [0, 0.05) is 29.6 Å². The van der Waals surface area contributed by atoms with E-state index in [1.165, 1.54) is 6.07 Å². The molecule has 25 heavy (non-hydrogen) atoms. The summed E-state index contributed by atoms with van der Waals surface area (Å²) in [4.78, 5) is 16.4. The monoisotopic (exact) mass is 342 g/mol. The number of anilines is 1. The molecule has 1 aliphatic heterocycles. The summed E-state index contributed by atoms with van der Waals surface area (Å²) in [6, 6.07) is 13.0. The normalized spacial score (nSPS) is 17.2. The first-order chi connectivity index (χ1) is 11.9. The number of carbonyl (C=O) groups is 1. The number of hydrogen-bond acceptors (Lipinski definition) is 2. The Labute approximate surface area is 141 Å². The molecule has 6 heteroatoms. The van der Waals surface area contributed by atoms with Gasteiger partial charge in [-0.1, -0.05) is 24.3 Å². The summed E-state index contributed by atoms with van der Waals surface area (Å²) in [6.07, 6.45) is -2.58. The minimum absolute atomic E-state index is 0.179. The Balaban J connectivity index is 1.82. The van der Waals surface area contributed by atoms with Crippen molar-refractivity contribution in [2.24, 2.45) is 0 Å². The zero-order chi connectivity index (χ0) is 17.6. The Morgan fingerprint density at radius 3 is 2.68 bits per heavy atom. The number of benzene rings is 2. The van der Waals surface area contributed by atoms with Crippen molar-refractivity contribution >= 4 is 22.5 Å². The van der Waals surface area contributed by atoms with Crippen LogP contribution in [-0.2, 0) is 11.0 Å². The number of para-hydroxylation sites is 1. The Hall–Kier alpha value is -2.89. The molecule has 0 spiro atoms. The fraction of sp³-hybridized carbons (Fsp3) is 0.158. The van der Waals surface area contributed by atoms with E-state index in [4.69, 9.17) is 0 Å². The number of pyridine rings is 1. The van der Waals surface area contributed by atoms with Crippen LogP contribution < -0.4 is 5.32 Å². The molecule has 1 unspecified atom stereocenters. The number of fused-ring (bicyclic) bond motifs is 2. The fourth-order valence-electron chi connectivity index (χ4n) is 3.22. The Morgan fingerprint density at radius 2 is 1.88 bits per heavy atom. The molecule has 126 valence electrons. The Morgan fingerprint density at radius 1 is 1.08 bits per heavy atom. The van der Waals surface area contributed by atoms with Gasteiger partial charge in [-0.05, 0) is 35.4 Å². The van der Waals surface area contributed by atoms with Gasteiger partial charge in [0.2, 0.25) is 5.91 Å². The zero-order valence-electron chi connectivity index (χ0n) is 13.0. The van der Waals surface area contributed by atoms with Crippen LogP contribution in [0.4, 0.5) is 18.9 Å². The van der Waals surface area contributed by atoms with Gasteiger partial charge in [-0.15, -0.1) is 0 Å². The lowest BCUT2D eigenvalue weighted by molar-refractivity contribution is -0.137.